The minimum absolute atomic E-state index is 0.157. The van der Waals surface area contributed by atoms with Gasteiger partial charge in [0.2, 0.25) is 0 Å². The van der Waals surface area contributed by atoms with Crippen LogP contribution >= 0.6 is 0 Å². The molecule has 4 nitrogen and oxygen atoms in total. The van der Waals surface area contributed by atoms with E-state index >= 15 is 0 Å². The second-order valence-electron chi connectivity index (χ2n) is 6.77. The maximum absolute atomic E-state index is 12.5. The van der Waals surface area contributed by atoms with Gasteiger partial charge in [0, 0.05) is 24.1 Å². The van der Waals surface area contributed by atoms with Crippen LogP contribution in [0.2, 0.25) is 0 Å². The lowest BCUT2D eigenvalue weighted by Crippen LogP contribution is -2.36. The van der Waals surface area contributed by atoms with Gasteiger partial charge in [-0.1, -0.05) is 24.3 Å². The number of anilines is 1. The third-order valence-corrected chi connectivity index (χ3v) is 3.92. The van der Waals surface area contributed by atoms with E-state index in [-0.39, 0.29) is 11.9 Å². The molecule has 0 spiro atoms. The molecule has 1 aliphatic heterocycles. The maximum atomic E-state index is 12.5. The second-order valence-corrected chi connectivity index (χ2v) is 6.77. The zero-order valence-corrected chi connectivity index (χ0v) is 13.3. The summed E-state index contributed by atoms with van der Waals surface area (Å²) in [6.07, 6.45) is 3.77. The number of carbonyl (C=O) groups excluding carboxylic acids is 2. The molecule has 0 N–H and O–H groups in total. The van der Waals surface area contributed by atoms with Gasteiger partial charge in [0.1, 0.15) is 5.60 Å². The van der Waals surface area contributed by atoms with Crippen LogP contribution in [0.25, 0.3) is 5.57 Å². The maximum Gasteiger partial charge on any atom is 0.414 e. The monoisotopic (exact) mass is 299 g/mol. The largest absolute Gasteiger partial charge is 0.443 e. The Hall–Kier alpha value is -2.10. The van der Waals surface area contributed by atoms with E-state index in [2.05, 4.69) is 0 Å². The Kier molecular flexibility index (Phi) is 3.55. The number of nitrogens with zero attached hydrogens (tertiary/aromatic N) is 1. The Morgan fingerprint density at radius 1 is 1.23 bits per heavy atom. The number of benzene rings is 1. The summed E-state index contributed by atoms with van der Waals surface area (Å²) in [5, 5.41) is 0. The molecule has 0 fully saturated rings. The first-order chi connectivity index (χ1) is 10.4. The Labute approximate surface area is 130 Å². The molecular weight excluding hydrogens is 278 g/mol. The van der Waals surface area contributed by atoms with Gasteiger partial charge in [0.25, 0.3) is 0 Å². The summed E-state index contributed by atoms with van der Waals surface area (Å²) in [4.78, 5) is 26.2. The Morgan fingerprint density at radius 3 is 2.64 bits per heavy atom. The summed E-state index contributed by atoms with van der Waals surface area (Å²) >= 11 is 0. The number of ether oxygens (including phenoxy) is 1. The van der Waals surface area contributed by atoms with Gasteiger partial charge in [0.05, 0.1) is 5.69 Å². The topological polar surface area (TPSA) is 46.6 Å². The van der Waals surface area contributed by atoms with Gasteiger partial charge in [-0.25, -0.2) is 4.79 Å². The highest BCUT2D eigenvalue weighted by molar-refractivity contribution is 6.24. The predicted molar refractivity (Wildman–Crippen MR) is 85.9 cm³/mol. The third kappa shape index (κ3) is 2.65. The minimum Gasteiger partial charge on any atom is -0.443 e. The normalized spacial score (nSPS) is 17.5. The number of rotatable bonds is 1. The molecule has 2 aliphatic rings. The van der Waals surface area contributed by atoms with Crippen LogP contribution in [0, 0.1) is 0 Å². The van der Waals surface area contributed by atoms with Crippen LogP contribution in [-0.2, 0) is 16.0 Å². The number of allylic oxidation sites excluding steroid dienone is 2. The van der Waals surface area contributed by atoms with Crippen LogP contribution in [0.15, 0.2) is 24.3 Å². The van der Waals surface area contributed by atoms with Gasteiger partial charge in [0.15, 0.2) is 5.78 Å². The van der Waals surface area contributed by atoms with E-state index in [0.29, 0.717) is 13.0 Å². The molecule has 0 saturated heterocycles. The van der Waals surface area contributed by atoms with Gasteiger partial charge in [-0.15, -0.1) is 0 Å². The van der Waals surface area contributed by atoms with Crippen LogP contribution in [0.3, 0.4) is 0 Å². The van der Waals surface area contributed by atoms with E-state index < -0.39 is 5.60 Å². The van der Waals surface area contributed by atoms with Gasteiger partial charge in [-0.05, 0) is 39.2 Å². The van der Waals surface area contributed by atoms with Gasteiger partial charge < -0.3 is 4.74 Å². The van der Waals surface area contributed by atoms with Crippen molar-refractivity contribution in [3.05, 3.63) is 35.4 Å². The summed E-state index contributed by atoms with van der Waals surface area (Å²) in [6, 6.07) is 5.90. The fraction of sp³-hybridized carbons (Fsp3) is 0.444. The zero-order chi connectivity index (χ0) is 15.9. The molecular formula is C18H21NO3. The number of hydrogen-bond donors (Lipinski definition) is 0. The van der Waals surface area contributed by atoms with E-state index in [1.807, 2.05) is 45.0 Å². The van der Waals surface area contributed by atoms with Crippen molar-refractivity contribution in [3.8, 4) is 0 Å². The van der Waals surface area contributed by atoms with E-state index in [1.54, 1.807) is 4.90 Å². The molecule has 1 aliphatic carbocycles. The molecule has 0 saturated carbocycles. The smallest absolute Gasteiger partial charge is 0.414 e. The van der Waals surface area contributed by atoms with Crippen molar-refractivity contribution in [1.82, 2.24) is 0 Å². The van der Waals surface area contributed by atoms with Crippen LogP contribution in [0.5, 0.6) is 0 Å². The molecule has 1 amide bonds. The highest BCUT2D eigenvalue weighted by Crippen LogP contribution is 2.38. The average Bonchev–Trinajstić information content (AvgIpc) is 3.02. The lowest BCUT2D eigenvalue weighted by Gasteiger charge is -2.26. The van der Waals surface area contributed by atoms with Gasteiger partial charge >= 0.3 is 6.09 Å². The summed E-state index contributed by atoms with van der Waals surface area (Å²) < 4.78 is 5.51. The second kappa shape index (κ2) is 5.27. The summed E-state index contributed by atoms with van der Waals surface area (Å²) in [5.74, 6) is 0.157. The van der Waals surface area contributed by atoms with Gasteiger partial charge in [-0.3, -0.25) is 9.69 Å². The number of hydrogen-bond acceptors (Lipinski definition) is 3. The number of carbonyl (C=O) groups is 2. The SMILES string of the molecule is CC(C)(C)OC(=O)N1CCc2cccc(C3=CCCC3=O)c21. The van der Waals surface area contributed by atoms with Crippen LogP contribution in [0.1, 0.15) is 44.7 Å². The lowest BCUT2D eigenvalue weighted by molar-refractivity contribution is -0.113. The van der Waals surface area contributed by atoms with E-state index in [1.165, 1.54) is 0 Å². The number of ketones is 1. The Bertz CT molecular complexity index is 667. The van der Waals surface area contributed by atoms with Crippen molar-refractivity contribution in [2.24, 2.45) is 0 Å². The number of amides is 1. The molecule has 0 aromatic heterocycles. The van der Waals surface area contributed by atoms with Crippen LogP contribution in [-0.4, -0.2) is 24.0 Å². The summed E-state index contributed by atoms with van der Waals surface area (Å²) in [5.41, 5.74) is 3.02. The first-order valence-electron chi connectivity index (χ1n) is 7.73. The van der Waals surface area contributed by atoms with Crippen LogP contribution in [0.4, 0.5) is 10.5 Å². The molecule has 116 valence electrons. The standard InChI is InChI=1S/C18H21NO3/c1-18(2,3)22-17(21)19-11-10-12-6-4-8-14(16(12)19)13-7-5-9-15(13)20/h4,6-8H,5,9-11H2,1-3H3. The van der Waals surface area contributed by atoms with E-state index in [4.69, 9.17) is 4.74 Å². The minimum atomic E-state index is -0.531. The van der Waals surface area contributed by atoms with E-state index in [0.717, 1.165) is 35.2 Å². The number of fused-ring (bicyclic) bond motifs is 1. The van der Waals surface area contributed by atoms with E-state index in [9.17, 15) is 9.59 Å². The highest BCUT2D eigenvalue weighted by atomic mass is 16.6. The highest BCUT2D eigenvalue weighted by Gasteiger charge is 2.32. The molecule has 1 aromatic carbocycles. The van der Waals surface area contributed by atoms with Crippen molar-refractivity contribution >= 4 is 23.1 Å². The molecule has 3 rings (SSSR count). The zero-order valence-electron chi connectivity index (χ0n) is 13.3. The quantitative estimate of drug-likeness (QED) is 0.793. The molecule has 4 heteroatoms. The van der Waals surface area contributed by atoms with Crippen LogP contribution < -0.4 is 4.90 Å². The lowest BCUT2D eigenvalue weighted by atomic mass is 9.99. The fourth-order valence-corrected chi connectivity index (χ4v) is 3.03. The molecule has 0 radical (unpaired) electrons. The Balaban J connectivity index is 1.99. The third-order valence-electron chi connectivity index (χ3n) is 3.92. The van der Waals surface area contributed by atoms with Crippen molar-refractivity contribution < 1.29 is 14.3 Å². The number of Topliss-reactive ketones (excluding diaryl/α,β-unsaturated/α-hetero) is 1. The van der Waals surface area contributed by atoms with Crippen molar-refractivity contribution in [1.29, 1.82) is 0 Å². The number of para-hydroxylation sites is 1. The molecule has 1 heterocycles. The van der Waals surface area contributed by atoms with Crippen molar-refractivity contribution in [3.63, 3.8) is 0 Å². The molecule has 0 bridgehead atoms. The first kappa shape index (κ1) is 14.8. The molecule has 22 heavy (non-hydrogen) atoms. The van der Waals surface area contributed by atoms with Gasteiger partial charge in [-0.2, -0.15) is 0 Å². The predicted octanol–water partition coefficient (Wildman–Crippen LogP) is 3.73. The molecule has 0 atom stereocenters. The van der Waals surface area contributed by atoms with Crippen molar-refractivity contribution in [2.45, 2.75) is 45.6 Å². The first-order valence-corrected chi connectivity index (χ1v) is 7.73. The molecule has 1 aromatic rings. The van der Waals surface area contributed by atoms with Crippen molar-refractivity contribution in [2.75, 3.05) is 11.4 Å². The fourth-order valence-electron chi connectivity index (χ4n) is 3.03. The average molecular weight is 299 g/mol. The molecule has 0 unspecified atom stereocenters. The summed E-state index contributed by atoms with van der Waals surface area (Å²) in [7, 11) is 0. The Morgan fingerprint density at radius 2 is 2.00 bits per heavy atom. The summed E-state index contributed by atoms with van der Waals surface area (Å²) in [6.45, 7) is 6.17.